The fraction of sp³-hybridized carbons (Fsp3) is 0.421. The van der Waals surface area contributed by atoms with Gasteiger partial charge in [0.2, 0.25) is 5.75 Å². The summed E-state index contributed by atoms with van der Waals surface area (Å²) >= 11 is 0. The van der Waals surface area contributed by atoms with Crippen molar-refractivity contribution in [1.82, 2.24) is 0 Å². The molecular formula is C19H24O7. The van der Waals surface area contributed by atoms with Gasteiger partial charge in [0.1, 0.15) is 0 Å². The van der Waals surface area contributed by atoms with Crippen molar-refractivity contribution >= 4 is 17.5 Å². The zero-order chi connectivity index (χ0) is 19.9. The molecular weight excluding hydrogens is 340 g/mol. The lowest BCUT2D eigenvalue weighted by molar-refractivity contribution is -0.147. The number of Topliss-reactive ketones (excluding diaryl/α,β-unsaturated/α-hetero) is 2. The van der Waals surface area contributed by atoms with E-state index in [-0.39, 0.29) is 35.7 Å². The van der Waals surface area contributed by atoms with Gasteiger partial charge in [-0.1, -0.05) is 6.58 Å². The van der Waals surface area contributed by atoms with Crippen LogP contribution in [0.15, 0.2) is 24.3 Å². The van der Waals surface area contributed by atoms with Gasteiger partial charge >= 0.3 is 5.97 Å². The average Bonchev–Trinajstić information content (AvgIpc) is 2.63. The number of carbonyl (C=O) groups is 3. The van der Waals surface area contributed by atoms with E-state index in [1.54, 1.807) is 6.92 Å². The molecule has 0 aliphatic carbocycles. The molecule has 1 atom stereocenters. The van der Waals surface area contributed by atoms with Crippen LogP contribution in [-0.2, 0) is 14.3 Å². The lowest BCUT2D eigenvalue weighted by atomic mass is 9.90. The van der Waals surface area contributed by atoms with Crippen LogP contribution >= 0.6 is 0 Å². The predicted molar refractivity (Wildman–Crippen MR) is 95.0 cm³/mol. The SMILES string of the molecule is C=C(C(C)=O)[C@@H](CC(=O)c1cc(OC)c(OC)c(OC)c1)C(=O)OCC. The van der Waals surface area contributed by atoms with Gasteiger partial charge in [-0.3, -0.25) is 14.4 Å². The van der Waals surface area contributed by atoms with Gasteiger partial charge in [-0.15, -0.1) is 0 Å². The van der Waals surface area contributed by atoms with Crippen LogP contribution in [0.2, 0.25) is 0 Å². The number of ketones is 2. The molecule has 1 aromatic carbocycles. The summed E-state index contributed by atoms with van der Waals surface area (Å²) in [5.41, 5.74) is 0.286. The van der Waals surface area contributed by atoms with Gasteiger partial charge in [-0.2, -0.15) is 0 Å². The summed E-state index contributed by atoms with van der Waals surface area (Å²) in [4.78, 5) is 36.5. The Morgan fingerprint density at radius 1 is 1.04 bits per heavy atom. The maximum atomic E-state index is 12.7. The Balaban J connectivity index is 3.22. The molecule has 0 bridgehead atoms. The second kappa shape index (κ2) is 9.60. The van der Waals surface area contributed by atoms with E-state index in [9.17, 15) is 14.4 Å². The predicted octanol–water partition coefficient (Wildman–Crippen LogP) is 2.61. The summed E-state index contributed by atoms with van der Waals surface area (Å²) in [6.45, 7) is 6.70. The molecule has 0 aliphatic rings. The third kappa shape index (κ3) is 4.84. The molecule has 0 heterocycles. The molecule has 7 heteroatoms. The molecule has 7 nitrogen and oxygen atoms in total. The molecule has 0 radical (unpaired) electrons. The Hall–Kier alpha value is -2.83. The normalized spacial score (nSPS) is 11.3. The smallest absolute Gasteiger partial charge is 0.313 e. The van der Waals surface area contributed by atoms with Crippen LogP contribution in [0.4, 0.5) is 0 Å². The van der Waals surface area contributed by atoms with Gasteiger partial charge in [0.25, 0.3) is 0 Å². The van der Waals surface area contributed by atoms with Crippen LogP contribution < -0.4 is 14.2 Å². The maximum absolute atomic E-state index is 12.7. The largest absolute Gasteiger partial charge is 0.493 e. The van der Waals surface area contributed by atoms with Gasteiger partial charge in [0.05, 0.1) is 33.9 Å². The fourth-order valence-electron chi connectivity index (χ4n) is 2.38. The molecule has 1 rings (SSSR count). The number of carbonyl (C=O) groups excluding carboxylic acids is 3. The van der Waals surface area contributed by atoms with Crippen LogP contribution in [0.5, 0.6) is 17.2 Å². The van der Waals surface area contributed by atoms with Crippen molar-refractivity contribution in [3.05, 3.63) is 29.8 Å². The van der Waals surface area contributed by atoms with Crippen LogP contribution in [0.1, 0.15) is 30.6 Å². The average molecular weight is 364 g/mol. The first-order valence-corrected chi connectivity index (χ1v) is 8.00. The highest BCUT2D eigenvalue weighted by Gasteiger charge is 2.29. The Bertz CT molecular complexity index is 681. The topological polar surface area (TPSA) is 88.1 Å². The van der Waals surface area contributed by atoms with E-state index in [4.69, 9.17) is 18.9 Å². The maximum Gasteiger partial charge on any atom is 0.313 e. The first kappa shape index (κ1) is 21.2. The quantitative estimate of drug-likeness (QED) is 0.358. The molecule has 0 aromatic heterocycles. The zero-order valence-corrected chi connectivity index (χ0v) is 15.7. The fourth-order valence-corrected chi connectivity index (χ4v) is 2.38. The van der Waals surface area contributed by atoms with E-state index >= 15 is 0 Å². The lowest BCUT2D eigenvalue weighted by Gasteiger charge is -2.17. The first-order valence-electron chi connectivity index (χ1n) is 8.00. The highest BCUT2D eigenvalue weighted by Crippen LogP contribution is 2.38. The van der Waals surface area contributed by atoms with E-state index in [1.807, 2.05) is 0 Å². The Labute approximate surface area is 152 Å². The first-order chi connectivity index (χ1) is 12.3. The number of hydrogen-bond acceptors (Lipinski definition) is 7. The number of ether oxygens (including phenoxy) is 4. The van der Waals surface area contributed by atoms with E-state index in [0.717, 1.165) is 0 Å². The molecule has 0 amide bonds. The van der Waals surface area contributed by atoms with E-state index in [2.05, 4.69) is 6.58 Å². The van der Waals surface area contributed by atoms with Gasteiger partial charge < -0.3 is 18.9 Å². The third-order valence-electron chi connectivity index (χ3n) is 3.82. The van der Waals surface area contributed by atoms with Crippen molar-refractivity contribution in [2.45, 2.75) is 20.3 Å². The lowest BCUT2D eigenvalue weighted by Crippen LogP contribution is -2.25. The van der Waals surface area contributed by atoms with Crippen LogP contribution in [0, 0.1) is 5.92 Å². The monoisotopic (exact) mass is 364 g/mol. The standard InChI is InChI=1S/C19H24O7/c1-7-26-19(22)14(11(2)12(3)20)10-15(21)13-8-16(23-4)18(25-6)17(9-13)24-5/h8-9,14H,2,7,10H2,1,3-6H3/t14-/m1/s1. The molecule has 0 unspecified atom stereocenters. The van der Waals surface area contributed by atoms with Crippen molar-refractivity contribution in [1.29, 1.82) is 0 Å². The summed E-state index contributed by atoms with van der Waals surface area (Å²) < 4.78 is 20.6. The summed E-state index contributed by atoms with van der Waals surface area (Å²) in [6.07, 6.45) is -0.254. The third-order valence-corrected chi connectivity index (χ3v) is 3.82. The van der Waals surface area contributed by atoms with Gasteiger partial charge in [-0.05, 0) is 26.0 Å². The molecule has 0 saturated carbocycles. The Morgan fingerprint density at radius 2 is 1.58 bits per heavy atom. The number of hydrogen-bond donors (Lipinski definition) is 0. The molecule has 0 aliphatic heterocycles. The Morgan fingerprint density at radius 3 is 1.96 bits per heavy atom. The van der Waals surface area contributed by atoms with Gasteiger partial charge in [0, 0.05) is 17.6 Å². The minimum absolute atomic E-state index is 0.0317. The molecule has 0 N–H and O–H groups in total. The summed E-state index contributed by atoms with van der Waals surface area (Å²) in [5.74, 6) is -1.49. The highest BCUT2D eigenvalue weighted by molar-refractivity contribution is 6.04. The molecule has 142 valence electrons. The number of esters is 1. The molecule has 0 spiro atoms. The van der Waals surface area contributed by atoms with E-state index in [0.29, 0.717) is 17.2 Å². The summed E-state index contributed by atoms with van der Waals surface area (Å²) in [7, 11) is 4.32. The number of benzene rings is 1. The van der Waals surface area contributed by atoms with Crippen molar-refractivity contribution < 1.29 is 33.3 Å². The molecule has 0 fully saturated rings. The van der Waals surface area contributed by atoms with Crippen molar-refractivity contribution in [3.8, 4) is 17.2 Å². The highest BCUT2D eigenvalue weighted by atomic mass is 16.5. The second-order valence-electron chi connectivity index (χ2n) is 5.43. The van der Waals surface area contributed by atoms with Gasteiger partial charge in [0.15, 0.2) is 23.1 Å². The van der Waals surface area contributed by atoms with Gasteiger partial charge in [-0.25, -0.2) is 0 Å². The minimum atomic E-state index is -1.04. The Kier molecular flexibility index (Phi) is 7.83. The van der Waals surface area contributed by atoms with Crippen LogP contribution in [0.3, 0.4) is 0 Å². The van der Waals surface area contributed by atoms with Crippen molar-refractivity contribution in [2.75, 3.05) is 27.9 Å². The van der Waals surface area contributed by atoms with E-state index < -0.39 is 11.9 Å². The second-order valence-corrected chi connectivity index (χ2v) is 5.43. The van der Waals surface area contributed by atoms with Crippen molar-refractivity contribution in [3.63, 3.8) is 0 Å². The van der Waals surface area contributed by atoms with Crippen LogP contribution in [-0.4, -0.2) is 45.5 Å². The number of rotatable bonds is 10. The number of methoxy groups -OCH3 is 3. The summed E-state index contributed by atoms with van der Waals surface area (Å²) in [6, 6.07) is 2.98. The van der Waals surface area contributed by atoms with Crippen LogP contribution in [0.25, 0.3) is 0 Å². The van der Waals surface area contributed by atoms with Crippen molar-refractivity contribution in [2.24, 2.45) is 5.92 Å². The molecule has 26 heavy (non-hydrogen) atoms. The molecule has 0 saturated heterocycles. The minimum Gasteiger partial charge on any atom is -0.493 e. The summed E-state index contributed by atoms with van der Waals surface area (Å²) in [5, 5.41) is 0. The molecule has 1 aromatic rings. The zero-order valence-electron chi connectivity index (χ0n) is 15.7. The van der Waals surface area contributed by atoms with E-state index in [1.165, 1.54) is 40.4 Å².